The van der Waals surface area contributed by atoms with Gasteiger partial charge in [0.15, 0.2) is 0 Å². The minimum atomic E-state index is -1.74. The SMILES string of the molecule is C=CCCN(Cc1ccccc1)[CH2][Sn]([CH3])([CH3])[CH3]. The molecule has 17 heavy (non-hydrogen) atoms. The van der Waals surface area contributed by atoms with Crippen molar-refractivity contribution < 1.29 is 0 Å². The van der Waals surface area contributed by atoms with E-state index in [4.69, 9.17) is 0 Å². The number of hydrogen-bond donors (Lipinski definition) is 0. The molecule has 0 N–H and O–H groups in total. The average molecular weight is 338 g/mol. The van der Waals surface area contributed by atoms with Crippen LogP contribution >= 0.6 is 0 Å². The minimum absolute atomic E-state index is 1.09. The molecule has 0 saturated carbocycles. The molecule has 0 heterocycles. The van der Waals surface area contributed by atoms with Crippen LogP contribution in [-0.4, -0.2) is 34.4 Å². The van der Waals surface area contributed by atoms with Gasteiger partial charge in [0, 0.05) is 0 Å². The third kappa shape index (κ3) is 6.89. The van der Waals surface area contributed by atoms with Crippen LogP contribution in [0, 0.1) is 0 Å². The van der Waals surface area contributed by atoms with Gasteiger partial charge in [-0.2, -0.15) is 0 Å². The Kier molecular flexibility index (Phi) is 6.28. The fraction of sp³-hybridized carbons (Fsp3) is 0.467. The van der Waals surface area contributed by atoms with Gasteiger partial charge in [0.1, 0.15) is 0 Å². The van der Waals surface area contributed by atoms with Crippen molar-refractivity contribution in [2.45, 2.75) is 27.8 Å². The quantitative estimate of drug-likeness (QED) is 0.538. The second-order valence-corrected chi connectivity index (χ2v) is 21.4. The summed E-state index contributed by atoms with van der Waals surface area (Å²) in [6, 6.07) is 10.8. The summed E-state index contributed by atoms with van der Waals surface area (Å²) in [5.41, 5.74) is 1.42. The molecule has 0 unspecified atom stereocenters. The number of hydrogen-bond acceptors (Lipinski definition) is 1. The average Bonchev–Trinajstić information content (AvgIpc) is 2.25. The number of nitrogens with zero attached hydrogens (tertiary/aromatic N) is 1. The summed E-state index contributed by atoms with van der Waals surface area (Å²) < 4.78 is 1.33. The molecular weight excluding hydrogens is 313 g/mol. The molecule has 1 aromatic carbocycles. The first-order valence-electron chi connectivity index (χ1n) is 6.38. The Labute approximate surface area is 110 Å². The molecule has 1 nitrogen and oxygen atoms in total. The third-order valence-electron chi connectivity index (χ3n) is 2.60. The predicted octanol–water partition coefficient (Wildman–Crippen LogP) is 3.94. The summed E-state index contributed by atoms with van der Waals surface area (Å²) in [6.45, 7) is 6.06. The summed E-state index contributed by atoms with van der Waals surface area (Å²) in [7, 11) is 0. The van der Waals surface area contributed by atoms with Crippen molar-refractivity contribution in [1.29, 1.82) is 0 Å². The molecule has 0 spiro atoms. The van der Waals surface area contributed by atoms with Crippen LogP contribution in [0.1, 0.15) is 12.0 Å². The monoisotopic (exact) mass is 339 g/mol. The van der Waals surface area contributed by atoms with E-state index in [1.165, 1.54) is 10.1 Å². The fourth-order valence-electron chi connectivity index (χ4n) is 2.00. The van der Waals surface area contributed by atoms with Gasteiger partial charge in [-0.15, -0.1) is 0 Å². The van der Waals surface area contributed by atoms with E-state index >= 15 is 0 Å². The van der Waals surface area contributed by atoms with Crippen LogP contribution in [0.4, 0.5) is 0 Å². The van der Waals surface area contributed by atoms with E-state index < -0.39 is 18.4 Å². The molecule has 0 aliphatic rings. The van der Waals surface area contributed by atoms with Gasteiger partial charge in [0.25, 0.3) is 0 Å². The van der Waals surface area contributed by atoms with Crippen LogP contribution < -0.4 is 0 Å². The Morgan fingerprint density at radius 2 is 1.82 bits per heavy atom. The topological polar surface area (TPSA) is 3.24 Å². The van der Waals surface area contributed by atoms with Crippen LogP contribution in [0.25, 0.3) is 0 Å². The van der Waals surface area contributed by atoms with Crippen LogP contribution in [0.2, 0.25) is 14.8 Å². The summed E-state index contributed by atoms with van der Waals surface area (Å²) in [5.74, 6) is 0. The maximum absolute atomic E-state index is 3.83. The second kappa shape index (κ2) is 7.22. The van der Waals surface area contributed by atoms with E-state index in [0.29, 0.717) is 0 Å². The Morgan fingerprint density at radius 1 is 1.18 bits per heavy atom. The summed E-state index contributed by atoms with van der Waals surface area (Å²) in [4.78, 5) is 10.1. The molecule has 0 radical (unpaired) electrons. The van der Waals surface area contributed by atoms with Crippen LogP contribution in [0.5, 0.6) is 0 Å². The summed E-state index contributed by atoms with van der Waals surface area (Å²) in [5, 5.41) is 0. The first-order chi connectivity index (χ1) is 8.01. The zero-order chi connectivity index (χ0) is 12.7. The van der Waals surface area contributed by atoms with E-state index in [0.717, 1.165) is 19.5 Å². The molecule has 2 heteroatoms. The van der Waals surface area contributed by atoms with Gasteiger partial charge in [0.2, 0.25) is 0 Å². The zero-order valence-electron chi connectivity index (χ0n) is 11.4. The molecule has 0 saturated heterocycles. The summed E-state index contributed by atoms with van der Waals surface area (Å²) >= 11 is -1.74. The first kappa shape index (κ1) is 14.8. The van der Waals surface area contributed by atoms with Crippen LogP contribution in [-0.2, 0) is 6.54 Å². The van der Waals surface area contributed by atoms with E-state index in [1.54, 1.807) is 0 Å². The van der Waals surface area contributed by atoms with Crippen molar-refractivity contribution >= 4 is 18.4 Å². The van der Waals surface area contributed by atoms with E-state index in [1.807, 2.05) is 6.08 Å². The van der Waals surface area contributed by atoms with Crippen molar-refractivity contribution in [2.24, 2.45) is 0 Å². The van der Waals surface area contributed by atoms with Crippen molar-refractivity contribution in [3.63, 3.8) is 0 Å². The molecule has 0 atom stereocenters. The Hall–Kier alpha value is -0.281. The van der Waals surface area contributed by atoms with Crippen molar-refractivity contribution in [2.75, 3.05) is 11.1 Å². The van der Waals surface area contributed by atoms with Gasteiger partial charge in [-0.1, -0.05) is 0 Å². The number of rotatable bonds is 7. The molecule has 1 aromatic rings. The van der Waals surface area contributed by atoms with E-state index in [9.17, 15) is 0 Å². The van der Waals surface area contributed by atoms with Gasteiger partial charge >= 0.3 is 111 Å². The molecule has 1 rings (SSSR count). The second-order valence-electron chi connectivity index (χ2n) is 5.83. The Morgan fingerprint density at radius 3 is 2.35 bits per heavy atom. The van der Waals surface area contributed by atoms with Crippen molar-refractivity contribution in [1.82, 2.24) is 4.90 Å². The molecule has 94 valence electrons. The molecule has 0 fully saturated rings. The zero-order valence-corrected chi connectivity index (χ0v) is 14.3. The van der Waals surface area contributed by atoms with Crippen molar-refractivity contribution in [3.8, 4) is 0 Å². The normalized spacial score (nSPS) is 11.8. The Balaban J connectivity index is 2.60. The van der Waals surface area contributed by atoms with Gasteiger partial charge in [-0.05, 0) is 0 Å². The molecule has 0 bridgehead atoms. The molecule has 0 amide bonds. The Bertz CT molecular complexity index is 327. The van der Waals surface area contributed by atoms with E-state index in [-0.39, 0.29) is 0 Å². The number of benzene rings is 1. The summed E-state index contributed by atoms with van der Waals surface area (Å²) in [6.07, 6.45) is 3.12. The fourth-order valence-corrected chi connectivity index (χ4v) is 6.60. The molecule has 0 aromatic heterocycles. The van der Waals surface area contributed by atoms with Gasteiger partial charge < -0.3 is 0 Å². The van der Waals surface area contributed by atoms with Crippen LogP contribution in [0.3, 0.4) is 0 Å². The standard InChI is InChI=1S/C12H16N.3CH3.Sn/c1-3-4-10-13(2)11-12-8-6-5-7-9-12;;;;/h3,5-9H,1-2,4,10-11H2;3*1H3;. The predicted molar refractivity (Wildman–Crippen MR) is 79.9 cm³/mol. The molecule has 0 aliphatic carbocycles. The van der Waals surface area contributed by atoms with E-state index in [2.05, 4.69) is 56.6 Å². The molecule has 0 aliphatic heterocycles. The van der Waals surface area contributed by atoms with Gasteiger partial charge in [0.05, 0.1) is 0 Å². The van der Waals surface area contributed by atoms with Gasteiger partial charge in [-0.3, -0.25) is 0 Å². The van der Waals surface area contributed by atoms with Gasteiger partial charge in [-0.25, -0.2) is 0 Å². The third-order valence-corrected chi connectivity index (χ3v) is 6.58. The van der Waals surface area contributed by atoms with Crippen LogP contribution in [0.15, 0.2) is 43.0 Å². The van der Waals surface area contributed by atoms with Crippen molar-refractivity contribution in [3.05, 3.63) is 48.6 Å². The molecular formula is C15H25NSn. The first-order valence-corrected chi connectivity index (χ1v) is 17.0. The maximum atomic E-state index is 3.83.